The van der Waals surface area contributed by atoms with Gasteiger partial charge in [0.25, 0.3) is 0 Å². The van der Waals surface area contributed by atoms with Crippen LogP contribution >= 0.6 is 0 Å². The summed E-state index contributed by atoms with van der Waals surface area (Å²) in [6.45, 7) is 3.74. The topological polar surface area (TPSA) is 55.9 Å². The van der Waals surface area contributed by atoms with Crippen molar-refractivity contribution >= 4 is 0 Å². The number of nitrogens with two attached hydrogens (primary N) is 1. The lowest BCUT2D eigenvalue weighted by molar-refractivity contribution is 0.456. The molecule has 2 rings (SSSR count). The third kappa shape index (κ3) is 3.17. The fraction of sp³-hybridized carbons (Fsp3) is 0.615. The molecule has 0 saturated heterocycles. The van der Waals surface area contributed by atoms with Crippen LogP contribution in [-0.4, -0.2) is 15.8 Å². The van der Waals surface area contributed by atoms with Crippen molar-refractivity contribution in [2.24, 2.45) is 5.84 Å². The molecule has 0 spiro atoms. The van der Waals surface area contributed by atoms with Crippen LogP contribution in [0.3, 0.4) is 0 Å². The molecule has 0 amide bonds. The maximum Gasteiger partial charge on any atom is 0.0640 e. The third-order valence-corrected chi connectivity index (χ3v) is 3.50. The summed E-state index contributed by atoms with van der Waals surface area (Å²) >= 11 is 0. The minimum absolute atomic E-state index is 0.236. The Morgan fingerprint density at radius 3 is 3.00 bits per heavy atom. The largest absolute Gasteiger partial charge is 0.271 e. The minimum Gasteiger partial charge on any atom is -0.271 e. The summed E-state index contributed by atoms with van der Waals surface area (Å²) in [6, 6.07) is 2.96. The number of hydrogen-bond donors (Lipinski definition) is 2. The number of nitrogens with zero attached hydrogens (tertiary/aromatic N) is 2. The van der Waals surface area contributed by atoms with Crippen molar-refractivity contribution in [3.05, 3.63) is 30.6 Å². The molecule has 1 aromatic heterocycles. The first-order chi connectivity index (χ1) is 8.33. The lowest BCUT2D eigenvalue weighted by atomic mass is 10.1. The summed E-state index contributed by atoms with van der Waals surface area (Å²) < 4.78 is 2.13. The monoisotopic (exact) mass is 234 g/mol. The molecule has 1 heterocycles. The van der Waals surface area contributed by atoms with E-state index in [1.165, 1.54) is 25.7 Å². The maximum atomic E-state index is 5.50. The summed E-state index contributed by atoms with van der Waals surface area (Å²) in [4.78, 5) is 0. The molecule has 1 unspecified atom stereocenters. The molecule has 1 aliphatic rings. The van der Waals surface area contributed by atoms with Crippen LogP contribution < -0.4 is 11.3 Å². The van der Waals surface area contributed by atoms with E-state index in [-0.39, 0.29) is 6.04 Å². The Labute approximate surface area is 103 Å². The standard InChI is InChI=1S/C13H22N4/c1-2-5-11(15-14)10-12-8-9-17(16-12)13-6-3-4-7-13/h2,8-9,11,13,15H,1,3-7,10,14H2. The molecule has 4 heteroatoms. The second-order valence-electron chi connectivity index (χ2n) is 4.82. The van der Waals surface area contributed by atoms with Crippen LogP contribution in [0.25, 0.3) is 0 Å². The first-order valence-corrected chi connectivity index (χ1v) is 6.44. The molecule has 4 nitrogen and oxygen atoms in total. The summed E-state index contributed by atoms with van der Waals surface area (Å²) in [6.07, 6.45) is 10.9. The summed E-state index contributed by atoms with van der Waals surface area (Å²) in [7, 11) is 0. The van der Waals surface area contributed by atoms with E-state index in [0.717, 1.165) is 18.5 Å². The molecule has 0 aliphatic heterocycles. The molecule has 0 bridgehead atoms. The van der Waals surface area contributed by atoms with Gasteiger partial charge < -0.3 is 0 Å². The zero-order chi connectivity index (χ0) is 12.1. The molecular formula is C13H22N4. The lowest BCUT2D eigenvalue weighted by Crippen LogP contribution is -2.36. The van der Waals surface area contributed by atoms with E-state index in [9.17, 15) is 0 Å². The molecule has 1 aliphatic carbocycles. The number of hydrazine groups is 1. The Bertz CT molecular complexity index is 352. The van der Waals surface area contributed by atoms with Gasteiger partial charge in [-0.25, -0.2) is 0 Å². The third-order valence-electron chi connectivity index (χ3n) is 3.50. The molecule has 3 N–H and O–H groups in total. The Balaban J connectivity index is 1.94. The predicted octanol–water partition coefficient (Wildman–Crippen LogP) is 1.95. The zero-order valence-corrected chi connectivity index (χ0v) is 10.3. The molecule has 17 heavy (non-hydrogen) atoms. The first kappa shape index (κ1) is 12.3. The van der Waals surface area contributed by atoms with Gasteiger partial charge in [-0.2, -0.15) is 5.10 Å². The highest BCUT2D eigenvalue weighted by atomic mass is 15.3. The van der Waals surface area contributed by atoms with Gasteiger partial charge in [0.15, 0.2) is 0 Å². The van der Waals surface area contributed by atoms with E-state index in [0.29, 0.717) is 6.04 Å². The van der Waals surface area contributed by atoms with Gasteiger partial charge >= 0.3 is 0 Å². The fourth-order valence-electron chi connectivity index (χ4n) is 2.52. The Hall–Kier alpha value is -1.13. The van der Waals surface area contributed by atoms with Gasteiger partial charge in [0, 0.05) is 18.7 Å². The minimum atomic E-state index is 0.236. The second kappa shape index (κ2) is 5.98. The zero-order valence-electron chi connectivity index (χ0n) is 10.3. The molecule has 1 saturated carbocycles. The van der Waals surface area contributed by atoms with Crippen LogP contribution in [0.1, 0.15) is 43.8 Å². The first-order valence-electron chi connectivity index (χ1n) is 6.44. The van der Waals surface area contributed by atoms with Gasteiger partial charge in [-0.3, -0.25) is 16.0 Å². The molecular weight excluding hydrogens is 212 g/mol. The predicted molar refractivity (Wildman–Crippen MR) is 69.4 cm³/mol. The quantitative estimate of drug-likeness (QED) is 0.449. The van der Waals surface area contributed by atoms with Gasteiger partial charge in [0.05, 0.1) is 11.7 Å². The van der Waals surface area contributed by atoms with E-state index < -0.39 is 0 Å². The Kier molecular flexibility index (Phi) is 4.34. The average molecular weight is 234 g/mol. The van der Waals surface area contributed by atoms with Crippen LogP contribution in [0.15, 0.2) is 24.9 Å². The number of rotatable bonds is 6. The highest BCUT2D eigenvalue weighted by molar-refractivity contribution is 5.03. The second-order valence-corrected chi connectivity index (χ2v) is 4.82. The maximum absolute atomic E-state index is 5.50. The van der Waals surface area contributed by atoms with Crippen molar-refractivity contribution < 1.29 is 0 Å². The van der Waals surface area contributed by atoms with Crippen LogP contribution in [0.5, 0.6) is 0 Å². The van der Waals surface area contributed by atoms with E-state index in [1.807, 2.05) is 6.08 Å². The molecule has 0 aromatic carbocycles. The highest BCUT2D eigenvalue weighted by Crippen LogP contribution is 2.28. The number of hydrogen-bond acceptors (Lipinski definition) is 3. The molecule has 1 aromatic rings. The molecule has 1 atom stereocenters. The van der Waals surface area contributed by atoms with Gasteiger partial charge in [0.2, 0.25) is 0 Å². The van der Waals surface area contributed by atoms with Crippen molar-refractivity contribution in [1.82, 2.24) is 15.2 Å². The smallest absolute Gasteiger partial charge is 0.0640 e. The highest BCUT2D eigenvalue weighted by Gasteiger charge is 2.18. The van der Waals surface area contributed by atoms with E-state index in [4.69, 9.17) is 5.84 Å². The van der Waals surface area contributed by atoms with E-state index >= 15 is 0 Å². The number of aromatic nitrogens is 2. The van der Waals surface area contributed by atoms with Gasteiger partial charge in [-0.05, 0) is 25.3 Å². The number of nitrogens with one attached hydrogen (secondary N) is 1. The van der Waals surface area contributed by atoms with E-state index in [1.54, 1.807) is 0 Å². The summed E-state index contributed by atoms with van der Waals surface area (Å²) in [5.41, 5.74) is 3.92. The van der Waals surface area contributed by atoms with Crippen molar-refractivity contribution in [3.8, 4) is 0 Å². The normalized spacial score (nSPS) is 18.4. The van der Waals surface area contributed by atoms with Crippen molar-refractivity contribution in [3.63, 3.8) is 0 Å². The SMILES string of the molecule is C=CCC(Cc1ccn(C2CCCC2)n1)NN. The van der Waals surface area contributed by atoms with Crippen molar-refractivity contribution in [1.29, 1.82) is 0 Å². The average Bonchev–Trinajstić information content (AvgIpc) is 2.98. The Morgan fingerprint density at radius 2 is 2.35 bits per heavy atom. The van der Waals surface area contributed by atoms with Crippen molar-refractivity contribution in [2.45, 2.75) is 50.6 Å². The fourth-order valence-corrected chi connectivity index (χ4v) is 2.52. The lowest BCUT2D eigenvalue weighted by Gasteiger charge is -2.12. The Morgan fingerprint density at radius 1 is 1.59 bits per heavy atom. The van der Waals surface area contributed by atoms with Crippen LogP contribution in [0.4, 0.5) is 0 Å². The van der Waals surface area contributed by atoms with E-state index in [2.05, 4.69) is 34.0 Å². The van der Waals surface area contributed by atoms with Gasteiger partial charge in [0.1, 0.15) is 0 Å². The molecule has 0 radical (unpaired) electrons. The van der Waals surface area contributed by atoms with Crippen molar-refractivity contribution in [2.75, 3.05) is 0 Å². The van der Waals surface area contributed by atoms with Gasteiger partial charge in [-0.1, -0.05) is 18.9 Å². The van der Waals surface area contributed by atoms with Crippen LogP contribution in [0.2, 0.25) is 0 Å². The van der Waals surface area contributed by atoms with Crippen LogP contribution in [0, 0.1) is 0 Å². The molecule has 1 fully saturated rings. The van der Waals surface area contributed by atoms with Gasteiger partial charge in [-0.15, -0.1) is 6.58 Å². The van der Waals surface area contributed by atoms with Crippen LogP contribution in [-0.2, 0) is 6.42 Å². The summed E-state index contributed by atoms with van der Waals surface area (Å²) in [5.74, 6) is 5.50. The molecule has 94 valence electrons. The summed E-state index contributed by atoms with van der Waals surface area (Å²) in [5, 5.41) is 4.65.